The molecular weight excluding hydrogens is 176 g/mol. The van der Waals surface area contributed by atoms with Crippen LogP contribution in [0.3, 0.4) is 0 Å². The number of nitrogens with two attached hydrogens (primary N) is 1. The molecule has 3 nitrogen and oxygen atoms in total. The van der Waals surface area contributed by atoms with Gasteiger partial charge in [0.2, 0.25) is 5.91 Å². The van der Waals surface area contributed by atoms with E-state index in [1.807, 2.05) is 13.8 Å². The van der Waals surface area contributed by atoms with E-state index < -0.39 is 0 Å². The number of rotatable bonds is 4. The lowest BCUT2D eigenvalue weighted by Crippen LogP contribution is -2.37. The van der Waals surface area contributed by atoms with Gasteiger partial charge in [-0.05, 0) is 24.8 Å². The molecule has 0 saturated heterocycles. The monoisotopic (exact) mass is 198 g/mol. The van der Waals surface area contributed by atoms with Gasteiger partial charge in [0.25, 0.3) is 0 Å². The molecule has 82 valence electrons. The van der Waals surface area contributed by atoms with Crippen molar-refractivity contribution < 1.29 is 4.79 Å². The van der Waals surface area contributed by atoms with Crippen LogP contribution < -0.4 is 11.1 Å². The van der Waals surface area contributed by atoms with E-state index in [9.17, 15) is 4.79 Å². The van der Waals surface area contributed by atoms with E-state index in [1.54, 1.807) is 0 Å². The van der Waals surface area contributed by atoms with Crippen LogP contribution in [-0.4, -0.2) is 18.5 Å². The first kappa shape index (κ1) is 11.5. The molecule has 14 heavy (non-hydrogen) atoms. The standard InChI is InChI=1S/C11H22N2O/c1-11(2,8-12)7-10(14)13-9-5-3-4-6-9/h9H,3-8,12H2,1-2H3,(H,13,14). The van der Waals surface area contributed by atoms with Gasteiger partial charge >= 0.3 is 0 Å². The minimum Gasteiger partial charge on any atom is -0.353 e. The first-order chi connectivity index (χ1) is 6.53. The van der Waals surface area contributed by atoms with Crippen molar-refractivity contribution in [3.63, 3.8) is 0 Å². The van der Waals surface area contributed by atoms with Crippen molar-refractivity contribution in [3.05, 3.63) is 0 Å². The second kappa shape index (κ2) is 4.78. The van der Waals surface area contributed by atoms with Crippen LogP contribution in [0.25, 0.3) is 0 Å². The largest absolute Gasteiger partial charge is 0.353 e. The van der Waals surface area contributed by atoms with E-state index in [-0.39, 0.29) is 11.3 Å². The average Bonchev–Trinajstić information content (AvgIpc) is 2.55. The van der Waals surface area contributed by atoms with Gasteiger partial charge in [-0.3, -0.25) is 4.79 Å². The molecule has 0 heterocycles. The second-order valence-corrected chi connectivity index (χ2v) is 5.09. The molecule has 1 amide bonds. The molecule has 0 aliphatic heterocycles. The van der Waals surface area contributed by atoms with E-state index in [2.05, 4.69) is 5.32 Å². The lowest BCUT2D eigenvalue weighted by Gasteiger charge is -2.22. The van der Waals surface area contributed by atoms with Crippen molar-refractivity contribution in [1.29, 1.82) is 0 Å². The Balaban J connectivity index is 2.27. The maximum atomic E-state index is 11.6. The van der Waals surface area contributed by atoms with Crippen molar-refractivity contribution in [2.24, 2.45) is 11.1 Å². The van der Waals surface area contributed by atoms with Crippen LogP contribution >= 0.6 is 0 Å². The third-order valence-electron chi connectivity index (χ3n) is 2.91. The third-order valence-corrected chi connectivity index (χ3v) is 2.91. The van der Waals surface area contributed by atoms with Crippen molar-refractivity contribution in [2.75, 3.05) is 6.54 Å². The van der Waals surface area contributed by atoms with Crippen LogP contribution in [0.4, 0.5) is 0 Å². The van der Waals surface area contributed by atoms with Gasteiger partial charge in [-0.1, -0.05) is 26.7 Å². The highest BCUT2D eigenvalue weighted by atomic mass is 16.1. The molecule has 0 aromatic rings. The fourth-order valence-corrected chi connectivity index (χ4v) is 1.86. The Morgan fingerprint density at radius 2 is 2.00 bits per heavy atom. The van der Waals surface area contributed by atoms with Crippen LogP contribution in [0.15, 0.2) is 0 Å². The summed E-state index contributed by atoms with van der Waals surface area (Å²) >= 11 is 0. The van der Waals surface area contributed by atoms with E-state index in [0.29, 0.717) is 19.0 Å². The molecule has 0 aromatic carbocycles. The van der Waals surface area contributed by atoms with Crippen molar-refractivity contribution in [2.45, 2.75) is 52.0 Å². The molecule has 0 atom stereocenters. The van der Waals surface area contributed by atoms with Crippen LogP contribution in [0.5, 0.6) is 0 Å². The number of hydrogen-bond donors (Lipinski definition) is 2. The van der Waals surface area contributed by atoms with E-state index in [1.165, 1.54) is 12.8 Å². The number of amides is 1. The Hall–Kier alpha value is -0.570. The molecule has 1 saturated carbocycles. The molecule has 0 bridgehead atoms. The Kier molecular flexibility index (Phi) is 3.93. The van der Waals surface area contributed by atoms with Gasteiger partial charge in [0.1, 0.15) is 0 Å². The molecule has 3 N–H and O–H groups in total. The van der Waals surface area contributed by atoms with E-state index >= 15 is 0 Å². The normalized spacial score (nSPS) is 18.5. The Morgan fingerprint density at radius 3 is 2.50 bits per heavy atom. The molecular formula is C11H22N2O. The minimum absolute atomic E-state index is 0.0668. The summed E-state index contributed by atoms with van der Waals surface area (Å²) in [5.41, 5.74) is 5.52. The molecule has 1 aliphatic rings. The lowest BCUT2D eigenvalue weighted by molar-refractivity contribution is -0.123. The predicted molar refractivity (Wildman–Crippen MR) is 57.9 cm³/mol. The Bertz CT molecular complexity index is 195. The summed E-state index contributed by atoms with van der Waals surface area (Å²) in [6.07, 6.45) is 5.35. The number of hydrogen-bond acceptors (Lipinski definition) is 2. The summed E-state index contributed by atoms with van der Waals surface area (Å²) in [6.45, 7) is 4.62. The van der Waals surface area contributed by atoms with Crippen LogP contribution in [0.1, 0.15) is 46.0 Å². The topological polar surface area (TPSA) is 55.1 Å². The highest BCUT2D eigenvalue weighted by molar-refractivity contribution is 5.77. The lowest BCUT2D eigenvalue weighted by atomic mass is 9.89. The highest BCUT2D eigenvalue weighted by Gasteiger charge is 2.23. The van der Waals surface area contributed by atoms with Gasteiger partial charge < -0.3 is 11.1 Å². The molecule has 1 rings (SSSR count). The minimum atomic E-state index is -0.0668. The predicted octanol–water partition coefficient (Wildman–Crippen LogP) is 1.42. The molecule has 0 aromatic heterocycles. The zero-order valence-electron chi connectivity index (χ0n) is 9.31. The van der Waals surface area contributed by atoms with Crippen molar-refractivity contribution in [3.8, 4) is 0 Å². The zero-order valence-corrected chi connectivity index (χ0v) is 9.31. The van der Waals surface area contributed by atoms with Gasteiger partial charge in [0.15, 0.2) is 0 Å². The van der Waals surface area contributed by atoms with Gasteiger partial charge in [0.05, 0.1) is 0 Å². The number of carbonyl (C=O) groups excluding carboxylic acids is 1. The van der Waals surface area contributed by atoms with E-state index in [0.717, 1.165) is 12.8 Å². The summed E-state index contributed by atoms with van der Waals surface area (Å²) in [5, 5.41) is 3.07. The first-order valence-electron chi connectivity index (χ1n) is 5.53. The van der Waals surface area contributed by atoms with E-state index in [4.69, 9.17) is 5.73 Å². The summed E-state index contributed by atoms with van der Waals surface area (Å²) in [5.74, 6) is 0.160. The quantitative estimate of drug-likeness (QED) is 0.718. The summed E-state index contributed by atoms with van der Waals surface area (Å²) in [6, 6.07) is 0.427. The summed E-state index contributed by atoms with van der Waals surface area (Å²) in [7, 11) is 0. The maximum Gasteiger partial charge on any atom is 0.220 e. The molecule has 0 spiro atoms. The van der Waals surface area contributed by atoms with Gasteiger partial charge in [-0.25, -0.2) is 0 Å². The average molecular weight is 198 g/mol. The molecule has 3 heteroatoms. The number of nitrogens with one attached hydrogen (secondary N) is 1. The SMILES string of the molecule is CC(C)(CN)CC(=O)NC1CCCC1. The Labute approximate surface area is 86.4 Å². The third kappa shape index (κ3) is 3.66. The fraction of sp³-hybridized carbons (Fsp3) is 0.909. The smallest absolute Gasteiger partial charge is 0.220 e. The van der Waals surface area contributed by atoms with Crippen molar-refractivity contribution >= 4 is 5.91 Å². The Morgan fingerprint density at radius 1 is 1.43 bits per heavy atom. The van der Waals surface area contributed by atoms with Crippen molar-refractivity contribution in [1.82, 2.24) is 5.32 Å². The maximum absolute atomic E-state index is 11.6. The fourth-order valence-electron chi connectivity index (χ4n) is 1.86. The van der Waals surface area contributed by atoms with Crippen LogP contribution in [0.2, 0.25) is 0 Å². The summed E-state index contributed by atoms with van der Waals surface area (Å²) < 4.78 is 0. The zero-order chi connectivity index (χ0) is 10.6. The van der Waals surface area contributed by atoms with Crippen LogP contribution in [0, 0.1) is 5.41 Å². The first-order valence-corrected chi connectivity index (χ1v) is 5.53. The molecule has 0 unspecified atom stereocenters. The second-order valence-electron chi connectivity index (χ2n) is 5.09. The highest BCUT2D eigenvalue weighted by Crippen LogP contribution is 2.20. The summed E-state index contributed by atoms with van der Waals surface area (Å²) in [4.78, 5) is 11.6. The molecule has 1 fully saturated rings. The van der Waals surface area contributed by atoms with Crippen LogP contribution in [-0.2, 0) is 4.79 Å². The molecule has 0 radical (unpaired) electrons. The molecule has 1 aliphatic carbocycles. The number of carbonyl (C=O) groups is 1. The van der Waals surface area contributed by atoms with Gasteiger partial charge in [-0.15, -0.1) is 0 Å². The van der Waals surface area contributed by atoms with Gasteiger partial charge in [-0.2, -0.15) is 0 Å². The van der Waals surface area contributed by atoms with Gasteiger partial charge in [0, 0.05) is 12.5 Å².